The topological polar surface area (TPSA) is 56.7 Å². The molecule has 0 fully saturated rings. The van der Waals surface area contributed by atoms with Crippen molar-refractivity contribution in [1.29, 1.82) is 0 Å². The number of halogens is 4. The van der Waals surface area contributed by atoms with Gasteiger partial charge in [-0.1, -0.05) is 0 Å². The van der Waals surface area contributed by atoms with Gasteiger partial charge in [0.1, 0.15) is 23.5 Å². The molecule has 2 heterocycles. The minimum Gasteiger partial charge on any atom is -0.322 e. The summed E-state index contributed by atoms with van der Waals surface area (Å²) >= 11 is 3.36. The monoisotopic (exact) mass is 402 g/mol. The second-order valence-corrected chi connectivity index (χ2v) is 6.31. The summed E-state index contributed by atoms with van der Waals surface area (Å²) in [5.74, 6) is -1.32. The lowest BCUT2D eigenvalue weighted by Crippen LogP contribution is -2.16. The minimum atomic E-state index is -0.659. The lowest BCUT2D eigenvalue weighted by atomic mass is 10.0. The van der Waals surface area contributed by atoms with Crippen LogP contribution < -0.4 is 5.73 Å². The molecule has 0 aliphatic carbocycles. The Morgan fingerprint density at radius 3 is 2.57 bits per heavy atom. The zero-order valence-electron chi connectivity index (χ0n) is 11.5. The molecule has 3 rings (SSSR count). The van der Waals surface area contributed by atoms with Crippen molar-refractivity contribution in [2.45, 2.75) is 12.5 Å². The summed E-state index contributed by atoms with van der Waals surface area (Å²) < 4.78 is 41.1. The van der Waals surface area contributed by atoms with Gasteiger partial charge in [-0.25, -0.2) is 22.7 Å². The maximum absolute atomic E-state index is 13.3. The molecule has 23 heavy (non-hydrogen) atoms. The molecule has 1 unspecified atom stereocenters. The van der Waals surface area contributed by atoms with E-state index < -0.39 is 17.7 Å². The van der Waals surface area contributed by atoms with Crippen LogP contribution in [-0.2, 0) is 6.42 Å². The number of fused-ring (bicyclic) bond motifs is 1. The highest BCUT2D eigenvalue weighted by atomic mass is 79.9. The second-order valence-electron chi connectivity index (χ2n) is 4.93. The van der Waals surface area contributed by atoms with E-state index >= 15 is 0 Å². The van der Waals surface area contributed by atoms with Gasteiger partial charge in [0.05, 0.1) is 11.7 Å². The zero-order valence-corrected chi connectivity index (χ0v) is 13.9. The first-order chi connectivity index (χ1) is 11.0. The number of hydrogen-bond donors (Lipinski definition) is 1. The smallest absolute Gasteiger partial charge is 0.179 e. The fraction of sp³-hybridized carbons (Fsp3) is 0.143. The number of nitrogens with two attached hydrogens (primary N) is 1. The summed E-state index contributed by atoms with van der Waals surface area (Å²) in [5, 5.41) is 0. The Bertz CT molecular complexity index is 850. The number of benzene rings is 1. The van der Waals surface area contributed by atoms with Crippen LogP contribution in [0, 0.1) is 11.6 Å². The van der Waals surface area contributed by atoms with E-state index in [9.17, 15) is 12.7 Å². The van der Waals surface area contributed by atoms with Crippen molar-refractivity contribution in [3.8, 4) is 0 Å². The Morgan fingerprint density at radius 2 is 1.91 bits per heavy atom. The van der Waals surface area contributed by atoms with Crippen LogP contribution in [0.3, 0.4) is 0 Å². The highest BCUT2D eigenvalue weighted by molar-refractivity contribution is 9.10. The third-order valence-electron chi connectivity index (χ3n) is 3.29. The maximum Gasteiger partial charge on any atom is 0.179 e. The molecular weight excluding hydrogens is 393 g/mol. The SMILES string of the molecule is NC(Cc1cc(F)cc(F)c1)c1nc2ncn(SF)c2cc1Br. The molecule has 0 spiro atoms. The van der Waals surface area contributed by atoms with Crippen LogP contribution >= 0.6 is 28.3 Å². The van der Waals surface area contributed by atoms with Crippen molar-refractivity contribution in [3.63, 3.8) is 0 Å². The van der Waals surface area contributed by atoms with Gasteiger partial charge in [-0.15, -0.1) is 3.89 Å². The molecule has 0 aliphatic heterocycles. The van der Waals surface area contributed by atoms with Crippen molar-refractivity contribution in [3.05, 3.63) is 58.0 Å². The van der Waals surface area contributed by atoms with Gasteiger partial charge in [0.15, 0.2) is 18.0 Å². The number of hydrogen-bond acceptors (Lipinski definition) is 4. The molecule has 1 aromatic carbocycles. The Balaban J connectivity index is 1.94. The highest BCUT2D eigenvalue weighted by Crippen LogP contribution is 2.28. The Hall–Kier alpha value is -1.58. The average Bonchev–Trinajstić information content (AvgIpc) is 2.87. The number of pyridine rings is 1. The quantitative estimate of drug-likeness (QED) is 0.713. The molecule has 1 atom stereocenters. The molecule has 2 aromatic heterocycles. The maximum atomic E-state index is 13.3. The highest BCUT2D eigenvalue weighted by Gasteiger charge is 2.17. The van der Waals surface area contributed by atoms with Crippen LogP contribution in [0.15, 0.2) is 35.1 Å². The third kappa shape index (κ3) is 3.36. The van der Waals surface area contributed by atoms with Crippen LogP contribution in [0.25, 0.3) is 11.2 Å². The van der Waals surface area contributed by atoms with Crippen molar-refractivity contribution in [1.82, 2.24) is 13.9 Å². The standard InChI is InChI=1S/C14H10BrF3N4S/c15-10-5-12-14(20-6-22(12)23-18)21-13(10)11(19)3-7-1-8(16)4-9(17)2-7/h1-2,4-6,11H,3,19H2. The summed E-state index contributed by atoms with van der Waals surface area (Å²) in [6.45, 7) is 0. The summed E-state index contributed by atoms with van der Waals surface area (Å²) in [7, 11) is 0. The molecule has 0 saturated heterocycles. The van der Waals surface area contributed by atoms with Gasteiger partial charge in [-0.3, -0.25) is 0 Å². The molecule has 0 saturated carbocycles. The number of aromatic nitrogens is 3. The van der Waals surface area contributed by atoms with E-state index in [0.717, 1.165) is 6.07 Å². The Labute approximate surface area is 142 Å². The van der Waals surface area contributed by atoms with E-state index in [1.807, 2.05) is 0 Å². The fourth-order valence-electron chi connectivity index (χ4n) is 2.30. The van der Waals surface area contributed by atoms with Crippen LogP contribution in [0.2, 0.25) is 0 Å². The normalized spacial score (nSPS) is 12.7. The molecule has 0 bridgehead atoms. The van der Waals surface area contributed by atoms with E-state index in [1.54, 1.807) is 6.07 Å². The van der Waals surface area contributed by atoms with E-state index in [-0.39, 0.29) is 18.8 Å². The first kappa shape index (κ1) is 16.3. The van der Waals surface area contributed by atoms with Gasteiger partial charge in [0.2, 0.25) is 0 Å². The molecule has 9 heteroatoms. The number of rotatable bonds is 4. The molecule has 3 aromatic rings. The van der Waals surface area contributed by atoms with Gasteiger partial charge in [0, 0.05) is 10.5 Å². The van der Waals surface area contributed by atoms with Gasteiger partial charge < -0.3 is 5.73 Å². The largest absolute Gasteiger partial charge is 0.322 e. The molecule has 120 valence electrons. The van der Waals surface area contributed by atoms with Crippen molar-refractivity contribution in [2.75, 3.05) is 0 Å². The number of nitrogens with zero attached hydrogens (tertiary/aromatic N) is 3. The summed E-state index contributed by atoms with van der Waals surface area (Å²) in [6.07, 6.45) is 1.51. The summed E-state index contributed by atoms with van der Waals surface area (Å²) in [6, 6.07) is 4.31. The average molecular weight is 403 g/mol. The first-order valence-electron chi connectivity index (χ1n) is 6.51. The Morgan fingerprint density at radius 1 is 1.22 bits per heavy atom. The third-order valence-corrected chi connectivity index (χ3v) is 4.36. The molecule has 2 N–H and O–H groups in total. The van der Waals surface area contributed by atoms with Crippen molar-refractivity contribution >= 4 is 39.4 Å². The van der Waals surface area contributed by atoms with Crippen LogP contribution in [0.4, 0.5) is 12.7 Å². The zero-order chi connectivity index (χ0) is 16.6. The van der Waals surface area contributed by atoms with E-state index in [1.165, 1.54) is 22.4 Å². The molecular formula is C14H10BrF3N4S. The van der Waals surface area contributed by atoms with E-state index in [4.69, 9.17) is 5.73 Å². The lowest BCUT2D eigenvalue weighted by Gasteiger charge is -2.13. The lowest BCUT2D eigenvalue weighted by molar-refractivity contribution is 0.575. The van der Waals surface area contributed by atoms with E-state index in [0.29, 0.717) is 26.9 Å². The minimum absolute atomic E-state index is 0.0125. The van der Waals surface area contributed by atoms with Crippen molar-refractivity contribution < 1.29 is 12.7 Å². The fourth-order valence-corrected chi connectivity index (χ4v) is 3.20. The summed E-state index contributed by atoms with van der Waals surface area (Å²) in [5.41, 5.74) is 7.85. The second kappa shape index (κ2) is 6.50. The first-order valence-corrected chi connectivity index (χ1v) is 7.97. The molecule has 4 nitrogen and oxygen atoms in total. The van der Waals surface area contributed by atoms with Crippen LogP contribution in [0.5, 0.6) is 0 Å². The predicted molar refractivity (Wildman–Crippen MR) is 86.3 cm³/mol. The molecule has 0 aliphatic rings. The Kier molecular flexibility index (Phi) is 4.60. The molecule has 0 amide bonds. The van der Waals surface area contributed by atoms with Crippen LogP contribution in [-0.4, -0.2) is 13.9 Å². The van der Waals surface area contributed by atoms with Gasteiger partial charge in [-0.05, 0) is 46.1 Å². The van der Waals surface area contributed by atoms with Gasteiger partial charge in [0.25, 0.3) is 0 Å². The van der Waals surface area contributed by atoms with Crippen molar-refractivity contribution in [2.24, 2.45) is 5.73 Å². The van der Waals surface area contributed by atoms with Gasteiger partial charge in [-0.2, -0.15) is 0 Å². The van der Waals surface area contributed by atoms with Crippen LogP contribution in [0.1, 0.15) is 17.3 Å². The molecule has 0 radical (unpaired) electrons. The van der Waals surface area contributed by atoms with E-state index in [2.05, 4.69) is 25.9 Å². The van der Waals surface area contributed by atoms with Gasteiger partial charge >= 0.3 is 0 Å². The number of imidazole rings is 1. The summed E-state index contributed by atoms with van der Waals surface area (Å²) in [4.78, 5) is 8.32. The predicted octanol–water partition coefficient (Wildman–Crippen LogP) is 4.10.